The summed E-state index contributed by atoms with van der Waals surface area (Å²) in [6.07, 6.45) is 1.47. The maximum atomic E-state index is 14.0. The molecule has 0 bridgehead atoms. The predicted molar refractivity (Wildman–Crippen MR) is 115 cm³/mol. The summed E-state index contributed by atoms with van der Waals surface area (Å²) in [6, 6.07) is 8.78. The summed E-state index contributed by atoms with van der Waals surface area (Å²) in [7, 11) is 0. The molecule has 2 aromatic heterocycles. The van der Waals surface area contributed by atoms with E-state index >= 15 is 0 Å². The van der Waals surface area contributed by atoms with Crippen molar-refractivity contribution >= 4 is 49.7 Å². The number of nitrogens with zero attached hydrogens (tertiary/aromatic N) is 1. The first-order chi connectivity index (χ1) is 15.0. The number of ketones is 1. The fraction of sp³-hybridized carbons (Fsp3) is 0.136. The molecule has 0 fully saturated rings. The van der Waals surface area contributed by atoms with Crippen LogP contribution in [0.25, 0.3) is 21.0 Å². The number of rotatable bonds is 6. The van der Waals surface area contributed by atoms with Gasteiger partial charge in [0, 0.05) is 21.7 Å². The van der Waals surface area contributed by atoms with Gasteiger partial charge in [0.15, 0.2) is 5.78 Å². The van der Waals surface area contributed by atoms with E-state index in [1.807, 2.05) is 0 Å². The molecule has 1 amide bonds. The number of carbonyl (C=O) groups is 2. The van der Waals surface area contributed by atoms with Crippen molar-refractivity contribution in [3.05, 3.63) is 70.0 Å². The highest BCUT2D eigenvalue weighted by atomic mass is 32.1. The second kappa shape index (κ2) is 8.48. The topological polar surface area (TPSA) is 120 Å². The van der Waals surface area contributed by atoms with Crippen molar-refractivity contribution in [1.82, 2.24) is 4.98 Å². The first kappa shape index (κ1) is 21.0. The number of hydrogen-bond donors (Lipinski definition) is 4. The van der Waals surface area contributed by atoms with E-state index in [0.29, 0.717) is 32.1 Å². The third-order valence-corrected chi connectivity index (χ3v) is 6.21. The molecule has 0 atom stereocenters. The normalized spacial score (nSPS) is 11.2. The minimum absolute atomic E-state index is 0.105. The Hall–Kier alpha value is -3.24. The van der Waals surface area contributed by atoms with Crippen LogP contribution in [0.5, 0.6) is 0 Å². The Morgan fingerprint density at radius 2 is 1.74 bits per heavy atom. The van der Waals surface area contributed by atoms with E-state index in [4.69, 9.17) is 0 Å². The predicted octanol–water partition coefficient (Wildman–Crippen LogP) is 3.00. The maximum Gasteiger partial charge on any atom is 0.258 e. The van der Waals surface area contributed by atoms with E-state index in [2.05, 4.69) is 10.3 Å². The molecule has 31 heavy (non-hydrogen) atoms. The smallest absolute Gasteiger partial charge is 0.258 e. The average molecular weight is 440 g/mol. The van der Waals surface area contributed by atoms with Crippen LogP contribution >= 0.6 is 11.3 Å². The van der Waals surface area contributed by atoms with Crippen LogP contribution in [0.1, 0.15) is 31.2 Å². The minimum Gasteiger partial charge on any atom is -0.392 e. The van der Waals surface area contributed by atoms with Crippen molar-refractivity contribution in [3.63, 3.8) is 0 Å². The van der Waals surface area contributed by atoms with Crippen molar-refractivity contribution in [2.24, 2.45) is 0 Å². The second-order valence-electron chi connectivity index (χ2n) is 6.78. The average Bonchev–Trinajstić information content (AvgIpc) is 3.16. The molecule has 9 heteroatoms. The van der Waals surface area contributed by atoms with Crippen molar-refractivity contribution in [1.29, 1.82) is 0 Å². The summed E-state index contributed by atoms with van der Waals surface area (Å²) in [5.74, 6) is -2.05. The van der Waals surface area contributed by atoms with Crippen molar-refractivity contribution in [3.8, 4) is 0 Å². The number of carbonyl (C=O) groups excluding carboxylic acids is 2. The van der Waals surface area contributed by atoms with E-state index in [1.54, 1.807) is 12.1 Å². The van der Waals surface area contributed by atoms with Gasteiger partial charge in [-0.3, -0.25) is 14.6 Å². The molecule has 7 nitrogen and oxygen atoms in total. The van der Waals surface area contributed by atoms with Gasteiger partial charge < -0.3 is 20.6 Å². The van der Waals surface area contributed by atoms with E-state index in [9.17, 15) is 29.3 Å². The molecule has 0 radical (unpaired) electrons. The first-order valence-corrected chi connectivity index (χ1v) is 10.1. The highest BCUT2D eigenvalue weighted by molar-refractivity contribution is 7.22. The number of anilines is 1. The van der Waals surface area contributed by atoms with Crippen LogP contribution in [-0.4, -0.2) is 38.6 Å². The molecule has 0 saturated heterocycles. The number of benzene rings is 2. The highest BCUT2D eigenvalue weighted by Gasteiger charge is 2.23. The Morgan fingerprint density at radius 1 is 1.03 bits per heavy atom. The van der Waals surface area contributed by atoms with Crippen LogP contribution in [-0.2, 0) is 13.2 Å². The van der Waals surface area contributed by atoms with E-state index < -0.39 is 24.1 Å². The Balaban J connectivity index is 1.93. The van der Waals surface area contributed by atoms with Gasteiger partial charge in [0.2, 0.25) is 0 Å². The summed E-state index contributed by atoms with van der Waals surface area (Å²) in [4.78, 5) is 29.5. The van der Waals surface area contributed by atoms with Gasteiger partial charge in [-0.25, -0.2) is 4.39 Å². The maximum absolute atomic E-state index is 14.0. The summed E-state index contributed by atoms with van der Waals surface area (Å²) in [5.41, 5.74) is 1.51. The fourth-order valence-electron chi connectivity index (χ4n) is 3.38. The fourth-order valence-corrected chi connectivity index (χ4v) is 4.56. The lowest BCUT2D eigenvalue weighted by atomic mass is 10.0. The standard InChI is InChI=1S/C22H17FN2O5S/c23-16-4-2-1-3-13(16)22(30)25-19-15-7-24-17-6-12(9-27)11(8-26)5-14(17)20(15)31-21(19)18(29)10-28/h1-7,26-28H,8-10H2,(H,25,30). The molecule has 0 aliphatic rings. The minimum atomic E-state index is -0.767. The van der Waals surface area contributed by atoms with Gasteiger partial charge in [-0.15, -0.1) is 11.3 Å². The van der Waals surface area contributed by atoms with Crippen molar-refractivity contribution in [2.45, 2.75) is 13.2 Å². The number of thiophene rings is 1. The first-order valence-electron chi connectivity index (χ1n) is 9.27. The van der Waals surface area contributed by atoms with E-state index in [-0.39, 0.29) is 29.3 Å². The highest BCUT2D eigenvalue weighted by Crippen LogP contribution is 2.40. The molecule has 0 unspecified atom stereocenters. The number of Topliss-reactive ketones (excluding diaryl/α,β-unsaturated/α-hetero) is 1. The Labute approximate surface area is 179 Å². The number of aliphatic hydroxyl groups excluding tert-OH is 3. The molecule has 0 aliphatic carbocycles. The van der Waals surface area contributed by atoms with Gasteiger partial charge in [0.25, 0.3) is 5.91 Å². The molecular weight excluding hydrogens is 423 g/mol. The van der Waals surface area contributed by atoms with Crippen LogP contribution in [0, 0.1) is 5.82 Å². The molecule has 0 spiro atoms. The number of amides is 1. The molecule has 158 valence electrons. The van der Waals surface area contributed by atoms with Gasteiger partial charge in [-0.2, -0.15) is 0 Å². The zero-order chi connectivity index (χ0) is 22.1. The lowest BCUT2D eigenvalue weighted by Gasteiger charge is -2.09. The number of aromatic nitrogens is 1. The number of nitrogens with one attached hydrogen (secondary N) is 1. The molecule has 2 aromatic carbocycles. The van der Waals surface area contributed by atoms with Gasteiger partial charge in [0.05, 0.1) is 34.9 Å². The van der Waals surface area contributed by atoms with E-state index in [0.717, 1.165) is 17.4 Å². The largest absolute Gasteiger partial charge is 0.392 e. The third kappa shape index (κ3) is 3.68. The lowest BCUT2D eigenvalue weighted by molar-refractivity contribution is 0.0908. The van der Waals surface area contributed by atoms with E-state index in [1.165, 1.54) is 24.4 Å². The third-order valence-electron chi connectivity index (χ3n) is 4.94. The number of aliphatic hydroxyl groups is 3. The van der Waals surface area contributed by atoms with Crippen molar-refractivity contribution in [2.75, 3.05) is 11.9 Å². The van der Waals surface area contributed by atoms with Gasteiger partial charge in [0.1, 0.15) is 12.4 Å². The molecule has 2 heterocycles. The SMILES string of the molecule is O=C(Nc1c(C(=O)CO)sc2c1cnc1cc(CO)c(CO)cc12)c1ccccc1F. The summed E-state index contributed by atoms with van der Waals surface area (Å²) in [5, 5.41) is 32.2. The zero-order valence-electron chi connectivity index (χ0n) is 16.1. The summed E-state index contributed by atoms with van der Waals surface area (Å²) >= 11 is 1.06. The second-order valence-corrected chi connectivity index (χ2v) is 7.80. The van der Waals surface area contributed by atoms with Crippen LogP contribution in [0.4, 0.5) is 10.1 Å². The Kier molecular flexibility index (Phi) is 5.75. The molecule has 4 rings (SSSR count). The van der Waals surface area contributed by atoms with Crippen molar-refractivity contribution < 1.29 is 29.3 Å². The molecule has 4 N–H and O–H groups in total. The number of pyridine rings is 1. The Morgan fingerprint density at radius 3 is 2.42 bits per heavy atom. The van der Waals surface area contributed by atoms with Crippen LogP contribution < -0.4 is 5.32 Å². The Bertz CT molecular complexity index is 1330. The lowest BCUT2D eigenvalue weighted by Crippen LogP contribution is -2.16. The molecule has 0 saturated carbocycles. The van der Waals surface area contributed by atoms with Crippen LogP contribution in [0.15, 0.2) is 42.6 Å². The quantitative estimate of drug-likeness (QED) is 0.342. The van der Waals surface area contributed by atoms with Crippen LogP contribution in [0.3, 0.4) is 0 Å². The summed E-state index contributed by atoms with van der Waals surface area (Å²) < 4.78 is 14.7. The van der Waals surface area contributed by atoms with Gasteiger partial charge in [-0.1, -0.05) is 12.1 Å². The molecule has 4 aromatic rings. The number of halogens is 1. The molecular formula is C22H17FN2O5S. The van der Waals surface area contributed by atoms with Gasteiger partial charge in [-0.05, 0) is 35.4 Å². The zero-order valence-corrected chi connectivity index (χ0v) is 16.9. The summed E-state index contributed by atoms with van der Waals surface area (Å²) in [6.45, 7) is -1.33. The monoisotopic (exact) mass is 440 g/mol. The molecule has 0 aliphatic heterocycles. The number of fused-ring (bicyclic) bond motifs is 3. The van der Waals surface area contributed by atoms with Crippen LogP contribution in [0.2, 0.25) is 0 Å². The number of hydrogen-bond acceptors (Lipinski definition) is 7. The van der Waals surface area contributed by atoms with Gasteiger partial charge >= 0.3 is 0 Å².